The number of carbonyl (C=O) groups is 1. The summed E-state index contributed by atoms with van der Waals surface area (Å²) in [5, 5.41) is 3.07. The molecule has 0 aromatic carbocycles. The topological polar surface area (TPSA) is 64.1 Å². The third kappa shape index (κ3) is 2.05. The van der Waals surface area contributed by atoms with Crippen molar-refractivity contribution in [2.45, 2.75) is 58.4 Å². The summed E-state index contributed by atoms with van der Waals surface area (Å²) in [6.07, 6.45) is 3.03. The van der Waals surface area contributed by atoms with Crippen LogP contribution in [0.2, 0.25) is 0 Å². The average molecular weight is 277 g/mol. The van der Waals surface area contributed by atoms with Gasteiger partial charge in [0.05, 0.1) is 35.1 Å². The highest BCUT2D eigenvalue weighted by Crippen LogP contribution is 2.41. The van der Waals surface area contributed by atoms with E-state index >= 15 is 0 Å². The standard InChI is InChI=1S/C15H23N3O2/c1-6-15(7-2)12-11(14(4,5)18-13(15)19)16-9-10(17-12)20-8-3/h9H,6-8H2,1-5H3,(H,18,19). The van der Waals surface area contributed by atoms with Crippen LogP contribution in [0.25, 0.3) is 0 Å². The van der Waals surface area contributed by atoms with Crippen LogP contribution in [0.4, 0.5) is 0 Å². The predicted octanol–water partition coefficient (Wildman–Crippen LogP) is 2.30. The van der Waals surface area contributed by atoms with Gasteiger partial charge < -0.3 is 10.1 Å². The van der Waals surface area contributed by atoms with Gasteiger partial charge in [-0.3, -0.25) is 9.78 Å². The molecule has 0 spiro atoms. The molecule has 1 aromatic rings. The van der Waals surface area contributed by atoms with Gasteiger partial charge in [0.2, 0.25) is 11.8 Å². The van der Waals surface area contributed by atoms with Crippen LogP contribution in [-0.4, -0.2) is 22.5 Å². The van der Waals surface area contributed by atoms with E-state index < -0.39 is 11.0 Å². The smallest absolute Gasteiger partial charge is 0.233 e. The summed E-state index contributed by atoms with van der Waals surface area (Å²) in [6, 6.07) is 0. The first-order valence-corrected chi connectivity index (χ1v) is 7.24. The van der Waals surface area contributed by atoms with Crippen LogP contribution in [0.5, 0.6) is 5.88 Å². The van der Waals surface area contributed by atoms with E-state index in [9.17, 15) is 4.79 Å². The molecule has 0 atom stereocenters. The molecule has 0 aliphatic carbocycles. The molecular formula is C15H23N3O2. The quantitative estimate of drug-likeness (QED) is 0.917. The number of nitrogens with one attached hydrogen (secondary N) is 1. The molecule has 1 aliphatic heterocycles. The Morgan fingerprint density at radius 1 is 1.20 bits per heavy atom. The second-order valence-electron chi connectivity index (χ2n) is 5.71. The van der Waals surface area contributed by atoms with Gasteiger partial charge in [0.15, 0.2) is 0 Å². The summed E-state index contributed by atoms with van der Waals surface area (Å²) in [6.45, 7) is 10.4. The third-order valence-corrected chi connectivity index (χ3v) is 4.16. The third-order valence-electron chi connectivity index (χ3n) is 4.16. The Labute approximate surface area is 120 Å². The van der Waals surface area contributed by atoms with Gasteiger partial charge >= 0.3 is 0 Å². The summed E-state index contributed by atoms with van der Waals surface area (Å²) in [4.78, 5) is 21.7. The number of amides is 1. The van der Waals surface area contributed by atoms with Crippen molar-refractivity contribution in [3.05, 3.63) is 17.6 Å². The fourth-order valence-electron chi connectivity index (χ4n) is 2.86. The van der Waals surface area contributed by atoms with E-state index in [4.69, 9.17) is 4.74 Å². The summed E-state index contributed by atoms with van der Waals surface area (Å²) >= 11 is 0. The van der Waals surface area contributed by atoms with Crippen molar-refractivity contribution in [2.75, 3.05) is 6.61 Å². The van der Waals surface area contributed by atoms with E-state index in [-0.39, 0.29) is 5.91 Å². The minimum atomic E-state index is -0.606. The minimum Gasteiger partial charge on any atom is -0.477 e. The Morgan fingerprint density at radius 2 is 1.85 bits per heavy atom. The van der Waals surface area contributed by atoms with Crippen molar-refractivity contribution in [1.29, 1.82) is 0 Å². The van der Waals surface area contributed by atoms with E-state index in [2.05, 4.69) is 15.3 Å². The molecule has 1 N–H and O–H groups in total. The lowest BCUT2D eigenvalue weighted by molar-refractivity contribution is -0.130. The second-order valence-corrected chi connectivity index (χ2v) is 5.71. The van der Waals surface area contributed by atoms with Crippen molar-refractivity contribution in [2.24, 2.45) is 0 Å². The van der Waals surface area contributed by atoms with Crippen molar-refractivity contribution in [3.8, 4) is 5.88 Å². The molecule has 5 nitrogen and oxygen atoms in total. The SMILES string of the molecule is CCOc1cnc2c(n1)C(CC)(CC)C(=O)NC2(C)C. The second kappa shape index (κ2) is 5.04. The van der Waals surface area contributed by atoms with Crippen LogP contribution in [0.3, 0.4) is 0 Å². The van der Waals surface area contributed by atoms with Crippen LogP contribution in [0, 0.1) is 0 Å². The largest absolute Gasteiger partial charge is 0.477 e. The maximum atomic E-state index is 12.6. The molecule has 5 heteroatoms. The number of hydrogen-bond donors (Lipinski definition) is 1. The van der Waals surface area contributed by atoms with Crippen LogP contribution in [-0.2, 0) is 15.7 Å². The van der Waals surface area contributed by atoms with Crippen molar-refractivity contribution in [3.63, 3.8) is 0 Å². The maximum Gasteiger partial charge on any atom is 0.233 e. The van der Waals surface area contributed by atoms with Crippen LogP contribution >= 0.6 is 0 Å². The van der Waals surface area contributed by atoms with Crippen LogP contribution in [0.15, 0.2) is 6.20 Å². The Morgan fingerprint density at radius 3 is 2.40 bits per heavy atom. The van der Waals surface area contributed by atoms with Crippen molar-refractivity contribution >= 4 is 5.91 Å². The Hall–Kier alpha value is -1.65. The highest BCUT2D eigenvalue weighted by Gasteiger charge is 2.49. The molecule has 1 aliphatic rings. The summed E-state index contributed by atoms with van der Waals surface area (Å²) < 4.78 is 5.45. The number of fused-ring (bicyclic) bond motifs is 1. The van der Waals surface area contributed by atoms with Crippen molar-refractivity contribution < 1.29 is 9.53 Å². The summed E-state index contributed by atoms with van der Waals surface area (Å²) in [5.41, 5.74) is 0.495. The van der Waals surface area contributed by atoms with Gasteiger partial charge in [-0.25, -0.2) is 4.98 Å². The fraction of sp³-hybridized carbons (Fsp3) is 0.667. The molecule has 110 valence electrons. The summed E-state index contributed by atoms with van der Waals surface area (Å²) in [5.74, 6) is 0.519. The minimum absolute atomic E-state index is 0.0305. The molecule has 0 radical (unpaired) electrons. The van der Waals surface area contributed by atoms with Crippen molar-refractivity contribution in [1.82, 2.24) is 15.3 Å². The molecule has 0 saturated carbocycles. The van der Waals surface area contributed by atoms with Gasteiger partial charge in [0, 0.05) is 0 Å². The maximum absolute atomic E-state index is 12.6. The van der Waals surface area contributed by atoms with Gasteiger partial charge in [-0.2, -0.15) is 0 Å². The Kier molecular flexibility index (Phi) is 3.71. The molecule has 0 saturated heterocycles. The fourth-order valence-corrected chi connectivity index (χ4v) is 2.86. The lowest BCUT2D eigenvalue weighted by Crippen LogP contribution is -2.57. The first-order chi connectivity index (χ1) is 9.41. The number of ether oxygens (including phenoxy) is 1. The monoisotopic (exact) mass is 277 g/mol. The lowest BCUT2D eigenvalue weighted by Gasteiger charge is -2.42. The van der Waals surface area contributed by atoms with E-state index in [1.165, 1.54) is 0 Å². The predicted molar refractivity (Wildman–Crippen MR) is 76.6 cm³/mol. The molecule has 0 bridgehead atoms. The number of carbonyl (C=O) groups excluding carboxylic acids is 1. The molecule has 20 heavy (non-hydrogen) atoms. The number of aromatic nitrogens is 2. The van der Waals surface area contributed by atoms with Gasteiger partial charge in [0.25, 0.3) is 0 Å². The van der Waals surface area contributed by atoms with Crippen LogP contribution < -0.4 is 10.1 Å². The van der Waals surface area contributed by atoms with Gasteiger partial charge in [-0.1, -0.05) is 13.8 Å². The highest BCUT2D eigenvalue weighted by molar-refractivity contribution is 5.90. The Bertz CT molecular complexity index is 522. The first kappa shape index (κ1) is 14.8. The van der Waals surface area contributed by atoms with Crippen LogP contribution in [0.1, 0.15) is 58.8 Å². The number of hydrogen-bond acceptors (Lipinski definition) is 4. The number of rotatable bonds is 4. The molecule has 2 heterocycles. The molecule has 0 fully saturated rings. The zero-order chi connectivity index (χ0) is 15.0. The highest BCUT2D eigenvalue weighted by atomic mass is 16.5. The van der Waals surface area contributed by atoms with E-state index in [1.54, 1.807) is 6.20 Å². The first-order valence-electron chi connectivity index (χ1n) is 7.24. The normalized spacial score (nSPS) is 19.1. The van der Waals surface area contributed by atoms with E-state index in [0.29, 0.717) is 25.3 Å². The zero-order valence-electron chi connectivity index (χ0n) is 12.9. The lowest BCUT2D eigenvalue weighted by atomic mass is 9.71. The zero-order valence-corrected chi connectivity index (χ0v) is 12.9. The molecular weight excluding hydrogens is 254 g/mol. The van der Waals surface area contributed by atoms with E-state index in [0.717, 1.165) is 11.4 Å². The van der Waals surface area contributed by atoms with Gasteiger partial charge in [-0.15, -0.1) is 0 Å². The molecule has 1 amide bonds. The number of nitrogens with zero attached hydrogens (tertiary/aromatic N) is 2. The van der Waals surface area contributed by atoms with Gasteiger partial charge in [0.1, 0.15) is 0 Å². The molecule has 1 aromatic heterocycles. The van der Waals surface area contributed by atoms with E-state index in [1.807, 2.05) is 34.6 Å². The Balaban J connectivity index is 2.67. The van der Waals surface area contributed by atoms with Gasteiger partial charge in [-0.05, 0) is 33.6 Å². The molecule has 2 rings (SSSR count). The average Bonchev–Trinajstić information content (AvgIpc) is 2.40. The summed E-state index contributed by atoms with van der Waals surface area (Å²) in [7, 11) is 0. The molecule has 0 unspecified atom stereocenters.